The lowest BCUT2D eigenvalue weighted by Crippen LogP contribution is -2.52. The molecule has 5 heteroatoms. The van der Waals surface area contributed by atoms with Crippen LogP contribution in [0.25, 0.3) is 0 Å². The van der Waals surface area contributed by atoms with Crippen molar-refractivity contribution in [2.75, 3.05) is 13.2 Å². The maximum atomic E-state index is 13.9. The van der Waals surface area contributed by atoms with Crippen LogP contribution in [0.15, 0.2) is 0 Å². The van der Waals surface area contributed by atoms with Gasteiger partial charge in [0.1, 0.15) is 12.7 Å². The van der Waals surface area contributed by atoms with E-state index in [4.69, 9.17) is 9.47 Å². The molecule has 0 amide bonds. The van der Waals surface area contributed by atoms with Crippen molar-refractivity contribution in [3.8, 4) is 0 Å². The molecule has 10 unspecified atom stereocenters. The van der Waals surface area contributed by atoms with Gasteiger partial charge in [0.15, 0.2) is 0 Å². The Bertz CT molecular complexity index is 810. The number of hydrogen-bond acceptors (Lipinski definition) is 5. The number of carbonyl (C=O) groups excluding carboxylic acids is 2. The quantitative estimate of drug-likeness (QED) is 0.501. The number of aliphatic hydroxyl groups is 1. The summed E-state index contributed by atoms with van der Waals surface area (Å²) in [5.41, 5.74) is 0. The first-order chi connectivity index (χ1) is 16.0. The fraction of sp³-hybridized carbons (Fsp3) is 0.929. The SMILES string of the molecule is CC1C(C)C2CC1C1C3CC(C(C(=O)OC4C5CC6CC(C5)CC4C6)C3C(=O)OCCO)C21. The first-order valence-electron chi connectivity index (χ1n) is 13.9. The van der Waals surface area contributed by atoms with Gasteiger partial charge in [-0.1, -0.05) is 13.8 Å². The number of carbonyl (C=O) groups is 2. The summed E-state index contributed by atoms with van der Waals surface area (Å²) in [6, 6.07) is 0. The number of rotatable bonds is 5. The summed E-state index contributed by atoms with van der Waals surface area (Å²) in [6.45, 7) is 4.67. The fourth-order valence-electron chi connectivity index (χ4n) is 11.4. The topological polar surface area (TPSA) is 72.8 Å². The van der Waals surface area contributed by atoms with Crippen molar-refractivity contribution in [3.05, 3.63) is 0 Å². The fourth-order valence-corrected chi connectivity index (χ4v) is 11.4. The molecule has 0 aromatic carbocycles. The van der Waals surface area contributed by atoms with Crippen LogP contribution in [-0.2, 0) is 19.1 Å². The van der Waals surface area contributed by atoms with Gasteiger partial charge in [0, 0.05) is 0 Å². The third kappa shape index (κ3) is 2.87. The van der Waals surface area contributed by atoms with E-state index in [2.05, 4.69) is 13.8 Å². The van der Waals surface area contributed by atoms with Gasteiger partial charge in [0.05, 0.1) is 18.4 Å². The average molecular weight is 457 g/mol. The molecule has 0 spiro atoms. The molecule has 0 heterocycles. The average Bonchev–Trinajstić information content (AvgIpc) is 3.52. The van der Waals surface area contributed by atoms with Crippen molar-refractivity contribution < 1.29 is 24.2 Å². The van der Waals surface area contributed by atoms with Crippen LogP contribution in [-0.4, -0.2) is 36.4 Å². The van der Waals surface area contributed by atoms with E-state index in [0.29, 0.717) is 41.4 Å². The van der Waals surface area contributed by atoms with E-state index in [0.717, 1.165) is 24.2 Å². The van der Waals surface area contributed by atoms with Gasteiger partial charge >= 0.3 is 11.9 Å². The zero-order valence-corrected chi connectivity index (χ0v) is 20.1. The second-order valence-corrected chi connectivity index (χ2v) is 13.3. The van der Waals surface area contributed by atoms with Gasteiger partial charge in [0.2, 0.25) is 0 Å². The molecule has 33 heavy (non-hydrogen) atoms. The van der Waals surface area contributed by atoms with Crippen LogP contribution >= 0.6 is 0 Å². The standard InChI is InChI=1S/C28H40O5/c1-12-13(2)19-10-18(12)22-20-11-21(23(19)22)25(24(20)27(30)32-4-3-29)28(31)33-26-16-6-14-5-15(8-16)9-17(26)7-14/h12-26,29H,3-11H2,1-2H3. The predicted octanol–water partition coefficient (Wildman–Crippen LogP) is 3.93. The molecule has 10 atom stereocenters. The minimum atomic E-state index is -0.367. The molecule has 8 fully saturated rings. The first-order valence-corrected chi connectivity index (χ1v) is 13.9. The Balaban J connectivity index is 1.16. The van der Waals surface area contributed by atoms with Gasteiger partial charge < -0.3 is 14.6 Å². The van der Waals surface area contributed by atoms with Crippen LogP contribution in [0.1, 0.15) is 58.8 Å². The highest BCUT2D eigenvalue weighted by atomic mass is 16.6. The van der Waals surface area contributed by atoms with Gasteiger partial charge in [0.25, 0.3) is 0 Å². The van der Waals surface area contributed by atoms with E-state index in [1.165, 1.54) is 38.5 Å². The summed E-state index contributed by atoms with van der Waals surface area (Å²) in [5, 5.41) is 9.23. The van der Waals surface area contributed by atoms with Crippen molar-refractivity contribution in [2.45, 2.75) is 64.9 Å². The number of aliphatic hydroxyl groups excluding tert-OH is 1. The summed E-state index contributed by atoms with van der Waals surface area (Å²) in [7, 11) is 0. The molecule has 0 saturated heterocycles. The molecule has 8 rings (SSSR count). The first kappa shape index (κ1) is 21.2. The smallest absolute Gasteiger partial charge is 0.310 e. The number of fused-ring (bicyclic) bond motifs is 9. The molecule has 0 aromatic heterocycles. The molecule has 0 aliphatic heterocycles. The van der Waals surface area contributed by atoms with Crippen molar-refractivity contribution >= 4 is 11.9 Å². The van der Waals surface area contributed by atoms with Crippen molar-refractivity contribution in [2.24, 2.45) is 82.9 Å². The Morgan fingerprint density at radius 2 is 1.24 bits per heavy atom. The lowest BCUT2D eigenvalue weighted by Gasteiger charge is -2.54. The number of esters is 2. The lowest BCUT2D eigenvalue weighted by atomic mass is 9.55. The Kier molecular flexibility index (Phi) is 4.79. The van der Waals surface area contributed by atoms with Crippen LogP contribution < -0.4 is 0 Å². The van der Waals surface area contributed by atoms with E-state index >= 15 is 0 Å². The monoisotopic (exact) mass is 456 g/mol. The van der Waals surface area contributed by atoms with E-state index < -0.39 is 0 Å². The molecule has 0 radical (unpaired) electrons. The number of ether oxygens (including phenoxy) is 2. The van der Waals surface area contributed by atoms with Crippen molar-refractivity contribution in [3.63, 3.8) is 0 Å². The zero-order chi connectivity index (χ0) is 22.6. The maximum Gasteiger partial charge on any atom is 0.310 e. The highest BCUT2D eigenvalue weighted by Gasteiger charge is 2.71. The summed E-state index contributed by atoms with van der Waals surface area (Å²) < 4.78 is 11.9. The largest absolute Gasteiger partial charge is 0.463 e. The van der Waals surface area contributed by atoms with Gasteiger partial charge in [-0.2, -0.15) is 0 Å². The lowest BCUT2D eigenvalue weighted by molar-refractivity contribution is -0.185. The number of hydrogen-bond donors (Lipinski definition) is 1. The Hall–Kier alpha value is -1.10. The molecule has 5 nitrogen and oxygen atoms in total. The Morgan fingerprint density at radius 1 is 0.727 bits per heavy atom. The summed E-state index contributed by atoms with van der Waals surface area (Å²) in [4.78, 5) is 27.1. The second kappa shape index (κ2) is 7.45. The van der Waals surface area contributed by atoms with E-state index in [-0.39, 0.29) is 54.9 Å². The van der Waals surface area contributed by atoms with Crippen molar-refractivity contribution in [1.29, 1.82) is 0 Å². The van der Waals surface area contributed by atoms with Crippen LogP contribution in [0.2, 0.25) is 0 Å². The Morgan fingerprint density at radius 3 is 1.79 bits per heavy atom. The van der Waals surface area contributed by atoms with Crippen LogP contribution in [0.5, 0.6) is 0 Å². The second-order valence-electron chi connectivity index (χ2n) is 13.3. The molecular formula is C28H40O5. The minimum absolute atomic E-state index is 0.0254. The normalized spacial score (nSPS) is 56.9. The highest BCUT2D eigenvalue weighted by molar-refractivity contribution is 5.84. The van der Waals surface area contributed by atoms with Gasteiger partial charge in [-0.3, -0.25) is 9.59 Å². The minimum Gasteiger partial charge on any atom is -0.463 e. The van der Waals surface area contributed by atoms with Gasteiger partial charge in [-0.25, -0.2) is 0 Å². The summed E-state index contributed by atoms with van der Waals surface area (Å²) in [5.74, 6) is 6.26. The zero-order valence-electron chi connectivity index (χ0n) is 20.1. The molecule has 0 aromatic rings. The third-order valence-corrected chi connectivity index (χ3v) is 12.3. The van der Waals surface area contributed by atoms with E-state index in [1.807, 2.05) is 0 Å². The summed E-state index contributed by atoms with van der Waals surface area (Å²) in [6.07, 6.45) is 8.65. The van der Waals surface area contributed by atoms with E-state index in [1.54, 1.807) is 0 Å². The van der Waals surface area contributed by atoms with Crippen LogP contribution in [0.4, 0.5) is 0 Å². The molecule has 182 valence electrons. The molecule has 8 aliphatic carbocycles. The molecule has 1 N–H and O–H groups in total. The van der Waals surface area contributed by atoms with Crippen LogP contribution in [0.3, 0.4) is 0 Å². The predicted molar refractivity (Wildman–Crippen MR) is 120 cm³/mol. The Labute approximate surface area is 197 Å². The molecule has 8 aliphatic rings. The van der Waals surface area contributed by atoms with Crippen molar-refractivity contribution in [1.82, 2.24) is 0 Å². The third-order valence-electron chi connectivity index (χ3n) is 12.3. The van der Waals surface area contributed by atoms with Crippen LogP contribution in [0, 0.1) is 82.9 Å². The maximum absolute atomic E-state index is 13.9. The van der Waals surface area contributed by atoms with Gasteiger partial charge in [-0.05, 0) is 116 Å². The van der Waals surface area contributed by atoms with Gasteiger partial charge in [-0.15, -0.1) is 0 Å². The molecular weight excluding hydrogens is 416 g/mol. The highest BCUT2D eigenvalue weighted by Crippen LogP contribution is 2.73. The molecule has 8 saturated carbocycles. The molecule has 8 bridgehead atoms. The van der Waals surface area contributed by atoms with E-state index in [9.17, 15) is 14.7 Å². The summed E-state index contributed by atoms with van der Waals surface area (Å²) >= 11 is 0.